The number of hydrogen-bond donors (Lipinski definition) is 0. The van der Waals surface area contributed by atoms with E-state index in [4.69, 9.17) is 0 Å². The van der Waals surface area contributed by atoms with Crippen LogP contribution in [0.3, 0.4) is 0 Å². The topological polar surface area (TPSA) is 8.17 Å². The lowest BCUT2D eigenvalue weighted by Gasteiger charge is -2.76. The van der Waals surface area contributed by atoms with E-state index >= 15 is 0 Å². The van der Waals surface area contributed by atoms with Gasteiger partial charge in [-0.3, -0.25) is 0 Å². The van der Waals surface area contributed by atoms with Crippen molar-refractivity contribution in [1.82, 2.24) is 4.57 Å². The second kappa shape index (κ2) is 10.4. The fourth-order valence-electron chi connectivity index (χ4n) is 13.4. The van der Waals surface area contributed by atoms with E-state index in [0.29, 0.717) is 5.41 Å². The number of aromatic nitrogens is 1. The van der Waals surface area contributed by atoms with Gasteiger partial charge >= 0.3 is 0 Å². The molecule has 4 fully saturated rings. The fraction of sp³-hybridized carbons (Fsp3) is 0.192. The molecular weight excluding hydrogens is 653 g/mol. The molecular formula is C52H40N2. The van der Waals surface area contributed by atoms with E-state index in [2.05, 4.69) is 179 Å². The van der Waals surface area contributed by atoms with Crippen LogP contribution in [0, 0.1) is 29.1 Å². The van der Waals surface area contributed by atoms with E-state index < -0.39 is 0 Å². The minimum absolute atomic E-state index is 0.194. The highest BCUT2D eigenvalue weighted by Gasteiger charge is 2.84. The molecule has 7 aromatic carbocycles. The number of hydrogen-bond acceptors (Lipinski definition) is 1. The number of fused-ring (bicyclic) bond motifs is 11. The van der Waals surface area contributed by atoms with Crippen LogP contribution in [-0.2, 0) is 5.41 Å². The van der Waals surface area contributed by atoms with Gasteiger partial charge in [-0.15, -0.1) is 0 Å². The summed E-state index contributed by atoms with van der Waals surface area (Å²) in [5, 5.41) is 2.56. The van der Waals surface area contributed by atoms with Crippen molar-refractivity contribution in [1.29, 1.82) is 0 Å². The highest BCUT2D eigenvalue weighted by molar-refractivity contribution is 6.09. The van der Waals surface area contributed by atoms with Gasteiger partial charge in [-0.2, -0.15) is 0 Å². The first kappa shape index (κ1) is 29.6. The van der Waals surface area contributed by atoms with Gasteiger partial charge in [-0.25, -0.2) is 0 Å². The number of anilines is 3. The number of rotatable bonds is 5. The van der Waals surface area contributed by atoms with Crippen molar-refractivity contribution in [3.05, 3.63) is 181 Å². The molecule has 8 aromatic rings. The number of para-hydroxylation sites is 3. The van der Waals surface area contributed by atoms with Gasteiger partial charge in [0.25, 0.3) is 0 Å². The largest absolute Gasteiger partial charge is 0.310 e. The third kappa shape index (κ3) is 3.49. The summed E-state index contributed by atoms with van der Waals surface area (Å²) >= 11 is 0. The van der Waals surface area contributed by atoms with Crippen LogP contribution >= 0.6 is 0 Å². The lowest BCUT2D eigenvalue weighted by atomic mass is 9.27. The number of benzene rings is 7. The molecule has 2 bridgehead atoms. The molecule has 2 heteroatoms. The quantitative estimate of drug-likeness (QED) is 0.174. The average molecular weight is 693 g/mol. The first-order valence-electron chi connectivity index (χ1n) is 20.0. The summed E-state index contributed by atoms with van der Waals surface area (Å²) in [5.41, 5.74) is 16.6. The van der Waals surface area contributed by atoms with Crippen LogP contribution in [-0.4, -0.2) is 4.57 Å². The van der Waals surface area contributed by atoms with Gasteiger partial charge in [0.2, 0.25) is 0 Å². The summed E-state index contributed by atoms with van der Waals surface area (Å²) in [6, 6.07) is 63.7. The smallest absolute Gasteiger partial charge is 0.0541 e. The summed E-state index contributed by atoms with van der Waals surface area (Å²) in [4.78, 5) is 2.52. The van der Waals surface area contributed by atoms with E-state index in [0.717, 1.165) is 35.0 Å². The zero-order chi connectivity index (χ0) is 35.2. The Morgan fingerprint density at radius 2 is 1.17 bits per heavy atom. The molecule has 0 amide bonds. The Morgan fingerprint density at radius 1 is 0.500 bits per heavy atom. The van der Waals surface area contributed by atoms with Crippen LogP contribution < -0.4 is 4.90 Å². The zero-order valence-electron chi connectivity index (χ0n) is 30.2. The van der Waals surface area contributed by atoms with Crippen LogP contribution in [0.15, 0.2) is 170 Å². The first-order valence-corrected chi connectivity index (χ1v) is 20.0. The Bertz CT molecular complexity index is 2790. The Kier molecular flexibility index (Phi) is 5.71. The van der Waals surface area contributed by atoms with E-state index in [-0.39, 0.29) is 5.41 Å². The van der Waals surface area contributed by atoms with Crippen LogP contribution in [0.25, 0.3) is 49.7 Å². The van der Waals surface area contributed by atoms with Crippen LogP contribution in [0.4, 0.5) is 17.1 Å². The van der Waals surface area contributed by atoms with Gasteiger partial charge in [0.05, 0.1) is 16.7 Å². The summed E-state index contributed by atoms with van der Waals surface area (Å²) in [5.74, 6) is 3.54. The molecule has 2 spiro atoms. The minimum Gasteiger partial charge on any atom is -0.310 e. The molecule has 1 heterocycles. The van der Waals surface area contributed by atoms with Gasteiger partial charge in [-0.1, -0.05) is 121 Å². The van der Waals surface area contributed by atoms with Crippen LogP contribution in [0.1, 0.15) is 36.8 Å². The molecule has 0 aliphatic heterocycles. The average Bonchev–Trinajstić information content (AvgIpc) is 3.95. The van der Waals surface area contributed by atoms with Crippen LogP contribution in [0.2, 0.25) is 0 Å². The fourth-order valence-corrected chi connectivity index (χ4v) is 13.4. The summed E-state index contributed by atoms with van der Waals surface area (Å²) < 4.78 is 2.44. The molecule has 2 nitrogen and oxygen atoms in total. The molecule has 0 N–H and O–H groups in total. The van der Waals surface area contributed by atoms with Crippen molar-refractivity contribution in [2.75, 3.05) is 4.90 Å². The van der Waals surface area contributed by atoms with Crippen molar-refractivity contribution >= 4 is 38.9 Å². The predicted octanol–water partition coefficient (Wildman–Crippen LogP) is 13.3. The van der Waals surface area contributed by atoms with Crippen molar-refractivity contribution in [2.24, 2.45) is 29.1 Å². The lowest BCUT2D eigenvalue weighted by Crippen LogP contribution is -2.73. The van der Waals surface area contributed by atoms with Gasteiger partial charge in [0, 0.05) is 38.8 Å². The molecule has 1 aromatic heterocycles. The molecule has 5 aliphatic carbocycles. The van der Waals surface area contributed by atoms with E-state index in [1.807, 2.05) is 0 Å². The van der Waals surface area contributed by atoms with E-state index in [1.165, 1.54) is 81.1 Å². The summed E-state index contributed by atoms with van der Waals surface area (Å²) in [6.07, 6.45) is 5.85. The van der Waals surface area contributed by atoms with Crippen molar-refractivity contribution in [3.63, 3.8) is 0 Å². The van der Waals surface area contributed by atoms with Gasteiger partial charge in [0.15, 0.2) is 0 Å². The van der Waals surface area contributed by atoms with Gasteiger partial charge < -0.3 is 9.47 Å². The van der Waals surface area contributed by atoms with Crippen molar-refractivity contribution in [3.8, 4) is 27.9 Å². The monoisotopic (exact) mass is 692 g/mol. The molecule has 0 radical (unpaired) electrons. The zero-order valence-corrected chi connectivity index (χ0v) is 30.2. The maximum atomic E-state index is 2.56. The molecule has 13 rings (SSSR count). The van der Waals surface area contributed by atoms with E-state index in [1.54, 1.807) is 11.1 Å². The molecule has 0 saturated heterocycles. The van der Waals surface area contributed by atoms with E-state index in [9.17, 15) is 0 Å². The predicted molar refractivity (Wildman–Crippen MR) is 222 cm³/mol. The summed E-state index contributed by atoms with van der Waals surface area (Å²) in [7, 11) is 0. The third-order valence-electron chi connectivity index (χ3n) is 15.0. The second-order valence-electron chi connectivity index (χ2n) is 16.9. The van der Waals surface area contributed by atoms with Crippen molar-refractivity contribution < 1.29 is 0 Å². The summed E-state index contributed by atoms with van der Waals surface area (Å²) in [6.45, 7) is 0. The normalized spacial score (nSPS) is 26.4. The maximum absolute atomic E-state index is 2.56. The molecule has 54 heavy (non-hydrogen) atoms. The SMILES string of the molecule is c1ccc(-c2ccccc2N(c2cccc(-n3c4ccccc4c4ccccc43)c2)c2ccc3c(c2)-c2ccccc2C32C3CC4CC5CC2C53C4)cc1. The van der Waals surface area contributed by atoms with Gasteiger partial charge in [-0.05, 0) is 131 Å². The Labute approximate surface area is 316 Å². The highest BCUT2D eigenvalue weighted by atomic mass is 15.1. The highest BCUT2D eigenvalue weighted by Crippen LogP contribution is 2.89. The molecule has 6 atom stereocenters. The standard InChI is InChI=1S/C52H40N2/c1-2-13-34(14-3-1)39-17-5-9-22-46(39)53(36-15-12-16-37(30-36)54-47-23-10-6-19-41(47)42-20-7-11-24-48(42)54)38-25-26-45-43(31-38)40-18-4-8-21-44(40)52(45)49-28-33-27-35-29-50(52)51(35,49)32-33/h1-26,30-31,33,35,49-50H,27-29,32H2. The molecule has 4 saturated carbocycles. The maximum Gasteiger partial charge on any atom is 0.0541 e. The second-order valence-corrected chi connectivity index (χ2v) is 16.9. The number of nitrogens with zero attached hydrogens (tertiary/aromatic N) is 2. The van der Waals surface area contributed by atoms with Crippen molar-refractivity contribution in [2.45, 2.75) is 31.1 Å². The molecule has 5 aliphatic rings. The Balaban J connectivity index is 1.03. The van der Waals surface area contributed by atoms with Gasteiger partial charge in [0.1, 0.15) is 0 Å². The Morgan fingerprint density at radius 3 is 1.98 bits per heavy atom. The molecule has 258 valence electrons. The first-order chi connectivity index (χ1) is 26.7. The third-order valence-corrected chi connectivity index (χ3v) is 15.0. The minimum atomic E-state index is 0.194. The lowest BCUT2D eigenvalue weighted by molar-refractivity contribution is -0.231. The Hall–Kier alpha value is -5.86. The van der Waals surface area contributed by atoms with Crippen LogP contribution in [0.5, 0.6) is 0 Å². The molecule has 6 unspecified atom stereocenters.